The molecule has 0 unspecified atom stereocenters. The number of urea groups is 1. The number of carbonyl (C=O) groups is 2. The van der Waals surface area contributed by atoms with Crippen LogP contribution >= 0.6 is 0 Å². The van der Waals surface area contributed by atoms with Crippen LogP contribution < -0.4 is 16.0 Å². The number of pyridine rings is 1. The van der Waals surface area contributed by atoms with Gasteiger partial charge in [0.1, 0.15) is 0 Å². The number of rotatable bonds is 5. The predicted octanol–water partition coefficient (Wildman–Crippen LogP) is 7.94. The van der Waals surface area contributed by atoms with Crippen molar-refractivity contribution in [3.05, 3.63) is 114 Å². The van der Waals surface area contributed by atoms with Gasteiger partial charge in [-0.05, 0) is 54.6 Å². The fraction of sp³-hybridized carbons (Fsp3) is 0.0690. The SMILES string of the molecule is O=C(Nc1cccc(-c2cnc3c(NC(=O)c4ccccc4)cccn23)c1)Nc1cc(C(F)(F)F)cc(C(F)(F)F)c1. The molecule has 5 rings (SSSR count). The Kier molecular flexibility index (Phi) is 7.33. The lowest BCUT2D eigenvalue weighted by Crippen LogP contribution is -2.20. The highest BCUT2D eigenvalue weighted by Crippen LogP contribution is 2.37. The molecule has 214 valence electrons. The van der Waals surface area contributed by atoms with E-state index in [1.165, 1.54) is 6.07 Å². The van der Waals surface area contributed by atoms with E-state index in [4.69, 9.17) is 0 Å². The summed E-state index contributed by atoms with van der Waals surface area (Å²) < 4.78 is 80.6. The number of nitrogens with zero attached hydrogens (tertiary/aromatic N) is 2. The summed E-state index contributed by atoms with van der Waals surface area (Å²) in [5.74, 6) is -0.325. The van der Waals surface area contributed by atoms with Gasteiger partial charge in [-0.15, -0.1) is 0 Å². The van der Waals surface area contributed by atoms with Crippen molar-refractivity contribution in [2.75, 3.05) is 16.0 Å². The minimum atomic E-state index is -5.05. The molecule has 2 heterocycles. The summed E-state index contributed by atoms with van der Waals surface area (Å²) in [4.78, 5) is 29.6. The minimum Gasteiger partial charge on any atom is -0.319 e. The number of amides is 3. The van der Waals surface area contributed by atoms with Crippen molar-refractivity contribution in [2.45, 2.75) is 12.4 Å². The van der Waals surface area contributed by atoms with Crippen LogP contribution in [0.15, 0.2) is 97.3 Å². The van der Waals surface area contributed by atoms with Gasteiger partial charge in [-0.2, -0.15) is 26.3 Å². The lowest BCUT2D eigenvalue weighted by atomic mass is 10.1. The second-order valence-electron chi connectivity index (χ2n) is 9.03. The molecule has 0 bridgehead atoms. The van der Waals surface area contributed by atoms with E-state index < -0.39 is 35.2 Å². The molecule has 0 aliphatic heterocycles. The average molecular weight is 583 g/mol. The fourth-order valence-electron chi connectivity index (χ4n) is 4.18. The standard InChI is InChI=1S/C29H19F6N5O2/c30-28(31,32)19-13-20(29(33,34)35)15-22(14-19)38-27(42)37-21-9-4-8-18(12-21)24-16-36-25-23(10-5-11-40(24)25)39-26(41)17-6-2-1-3-7-17/h1-16H,(H,39,41)(H2,37,38,42). The second kappa shape index (κ2) is 10.9. The molecule has 42 heavy (non-hydrogen) atoms. The highest BCUT2D eigenvalue weighted by molar-refractivity contribution is 6.06. The first kappa shape index (κ1) is 28.2. The number of carbonyl (C=O) groups excluding carboxylic acids is 2. The van der Waals surface area contributed by atoms with Gasteiger partial charge < -0.3 is 16.0 Å². The van der Waals surface area contributed by atoms with Crippen molar-refractivity contribution >= 4 is 34.6 Å². The molecule has 0 atom stereocenters. The zero-order valence-electron chi connectivity index (χ0n) is 21.2. The van der Waals surface area contributed by atoms with E-state index in [9.17, 15) is 35.9 Å². The molecule has 0 saturated heterocycles. The van der Waals surface area contributed by atoms with Gasteiger partial charge in [0.05, 0.1) is 28.7 Å². The maximum atomic E-state index is 13.2. The Balaban J connectivity index is 1.36. The monoisotopic (exact) mass is 583 g/mol. The molecule has 5 aromatic rings. The molecule has 3 amide bonds. The zero-order chi connectivity index (χ0) is 30.1. The summed E-state index contributed by atoms with van der Waals surface area (Å²) in [6.07, 6.45) is -6.84. The predicted molar refractivity (Wildman–Crippen MR) is 144 cm³/mol. The first-order chi connectivity index (χ1) is 19.9. The summed E-state index contributed by atoms with van der Waals surface area (Å²) in [5, 5.41) is 7.27. The van der Waals surface area contributed by atoms with Crippen LogP contribution in [-0.4, -0.2) is 21.3 Å². The third-order valence-corrected chi connectivity index (χ3v) is 6.08. The average Bonchev–Trinajstić information content (AvgIpc) is 3.38. The van der Waals surface area contributed by atoms with E-state index in [2.05, 4.69) is 15.6 Å². The molecule has 0 saturated carbocycles. The van der Waals surface area contributed by atoms with Gasteiger partial charge in [0, 0.05) is 28.7 Å². The summed E-state index contributed by atoms with van der Waals surface area (Å²) in [6, 6.07) is 18.1. The number of anilines is 3. The van der Waals surface area contributed by atoms with Gasteiger partial charge >= 0.3 is 18.4 Å². The molecular formula is C29H19F6N5O2. The van der Waals surface area contributed by atoms with Gasteiger partial charge in [0.15, 0.2) is 5.65 Å². The summed E-state index contributed by atoms with van der Waals surface area (Å²) >= 11 is 0. The number of imidazole rings is 1. The maximum absolute atomic E-state index is 13.2. The molecule has 7 nitrogen and oxygen atoms in total. The fourth-order valence-corrected chi connectivity index (χ4v) is 4.18. The Morgan fingerprint density at radius 1 is 0.690 bits per heavy atom. The van der Waals surface area contributed by atoms with Crippen LogP contribution in [0.4, 0.5) is 48.2 Å². The van der Waals surface area contributed by atoms with Gasteiger partial charge in [-0.3, -0.25) is 9.20 Å². The first-order valence-electron chi connectivity index (χ1n) is 12.2. The summed E-state index contributed by atoms with van der Waals surface area (Å²) in [6.45, 7) is 0. The second-order valence-corrected chi connectivity index (χ2v) is 9.03. The van der Waals surface area contributed by atoms with Crippen molar-refractivity contribution in [1.29, 1.82) is 0 Å². The highest BCUT2D eigenvalue weighted by Gasteiger charge is 2.37. The molecule has 0 radical (unpaired) electrons. The van der Waals surface area contributed by atoms with Gasteiger partial charge in [-0.25, -0.2) is 9.78 Å². The molecule has 0 aliphatic carbocycles. The summed E-state index contributed by atoms with van der Waals surface area (Å²) in [7, 11) is 0. The zero-order valence-corrected chi connectivity index (χ0v) is 21.2. The van der Waals surface area contributed by atoms with E-state index in [1.54, 1.807) is 77.5 Å². The normalized spacial score (nSPS) is 11.8. The number of halogens is 6. The molecule has 13 heteroatoms. The Morgan fingerprint density at radius 3 is 2.02 bits per heavy atom. The largest absolute Gasteiger partial charge is 0.416 e. The van der Waals surface area contributed by atoms with E-state index in [-0.39, 0.29) is 17.7 Å². The number of fused-ring (bicyclic) bond motifs is 1. The van der Waals surface area contributed by atoms with Crippen LogP contribution in [0.5, 0.6) is 0 Å². The van der Waals surface area contributed by atoms with Gasteiger partial charge in [0.25, 0.3) is 5.91 Å². The Bertz CT molecular complexity index is 1750. The maximum Gasteiger partial charge on any atom is 0.416 e. The van der Waals surface area contributed by atoms with E-state index in [0.717, 1.165) is 0 Å². The van der Waals surface area contributed by atoms with Crippen LogP contribution in [0, 0.1) is 0 Å². The quantitative estimate of drug-likeness (QED) is 0.184. The van der Waals surface area contributed by atoms with Crippen LogP contribution in [0.2, 0.25) is 0 Å². The third kappa shape index (κ3) is 6.19. The number of benzene rings is 3. The Hall–Kier alpha value is -5.33. The lowest BCUT2D eigenvalue weighted by Gasteiger charge is -2.15. The highest BCUT2D eigenvalue weighted by atomic mass is 19.4. The topological polar surface area (TPSA) is 87.5 Å². The van der Waals surface area contributed by atoms with Crippen LogP contribution in [-0.2, 0) is 12.4 Å². The van der Waals surface area contributed by atoms with E-state index in [0.29, 0.717) is 40.3 Å². The summed E-state index contributed by atoms with van der Waals surface area (Å²) in [5.41, 5.74) is -1.08. The van der Waals surface area contributed by atoms with Gasteiger partial charge in [-0.1, -0.05) is 30.3 Å². The lowest BCUT2D eigenvalue weighted by molar-refractivity contribution is -0.143. The van der Waals surface area contributed by atoms with Gasteiger partial charge in [0.2, 0.25) is 0 Å². The molecule has 2 aromatic heterocycles. The van der Waals surface area contributed by atoms with Crippen molar-refractivity contribution in [2.24, 2.45) is 0 Å². The van der Waals surface area contributed by atoms with Crippen LogP contribution in [0.25, 0.3) is 16.9 Å². The number of aromatic nitrogens is 2. The van der Waals surface area contributed by atoms with E-state index in [1.807, 2.05) is 5.32 Å². The number of alkyl halides is 6. The molecular weight excluding hydrogens is 564 g/mol. The van der Waals surface area contributed by atoms with Crippen LogP contribution in [0.3, 0.4) is 0 Å². The van der Waals surface area contributed by atoms with Crippen molar-refractivity contribution in [1.82, 2.24) is 9.38 Å². The minimum absolute atomic E-state index is 0.0268. The third-order valence-electron chi connectivity index (χ3n) is 6.08. The Labute approximate surface area is 233 Å². The molecule has 3 N–H and O–H groups in total. The van der Waals surface area contributed by atoms with Crippen molar-refractivity contribution in [3.8, 4) is 11.3 Å². The number of hydrogen-bond acceptors (Lipinski definition) is 3. The van der Waals surface area contributed by atoms with E-state index >= 15 is 0 Å². The van der Waals surface area contributed by atoms with Crippen LogP contribution in [0.1, 0.15) is 21.5 Å². The van der Waals surface area contributed by atoms with Crippen molar-refractivity contribution < 1.29 is 35.9 Å². The smallest absolute Gasteiger partial charge is 0.319 e. The molecule has 0 spiro atoms. The Morgan fingerprint density at radius 2 is 1.36 bits per heavy atom. The first-order valence-corrected chi connectivity index (χ1v) is 12.2. The number of nitrogens with one attached hydrogen (secondary N) is 3. The molecule has 0 fully saturated rings. The number of hydrogen-bond donors (Lipinski definition) is 3. The van der Waals surface area contributed by atoms with Crippen molar-refractivity contribution in [3.63, 3.8) is 0 Å². The molecule has 3 aromatic carbocycles. The molecule has 0 aliphatic rings.